The fourth-order valence-corrected chi connectivity index (χ4v) is 6.18. The highest BCUT2D eigenvalue weighted by molar-refractivity contribution is 7.92. The van der Waals surface area contributed by atoms with E-state index in [9.17, 15) is 13.2 Å². The molecule has 9 heteroatoms. The predicted octanol–water partition coefficient (Wildman–Crippen LogP) is 5.44. The number of nitrogens with zero attached hydrogens (tertiary/aromatic N) is 3. The number of halogens is 1. The molecule has 2 aromatic heterocycles. The number of fused-ring (bicyclic) bond motifs is 1. The molecule has 0 spiro atoms. The van der Waals surface area contributed by atoms with E-state index < -0.39 is 10.0 Å². The van der Waals surface area contributed by atoms with E-state index in [1.54, 1.807) is 24.5 Å². The standard InChI is InChI=1S/C26H23ClN4O3S/c1-17-6-7-18(15-22(17)25-21-5-4-11-28-24(21)10-12-29-25)30-26(32)20-9-8-19(16-23(20)27)31-13-2-3-14-35(31,33)34/h4-12,15-16H,2-3,13-14H2,1H3,(H,30,32). The van der Waals surface area contributed by atoms with Crippen molar-refractivity contribution in [1.82, 2.24) is 9.97 Å². The quantitative estimate of drug-likeness (QED) is 0.398. The van der Waals surface area contributed by atoms with E-state index in [-0.39, 0.29) is 22.2 Å². The molecule has 1 saturated heterocycles. The number of pyridine rings is 2. The van der Waals surface area contributed by atoms with Crippen LogP contribution in [0.15, 0.2) is 67.0 Å². The topological polar surface area (TPSA) is 92.3 Å². The molecule has 1 fully saturated rings. The van der Waals surface area contributed by atoms with Crippen LogP contribution in [-0.2, 0) is 10.0 Å². The zero-order chi connectivity index (χ0) is 24.6. The highest BCUT2D eigenvalue weighted by Gasteiger charge is 2.27. The Labute approximate surface area is 208 Å². The van der Waals surface area contributed by atoms with E-state index >= 15 is 0 Å². The van der Waals surface area contributed by atoms with Gasteiger partial charge >= 0.3 is 0 Å². The van der Waals surface area contributed by atoms with Crippen LogP contribution < -0.4 is 9.62 Å². The Kier molecular flexibility index (Phi) is 6.17. The van der Waals surface area contributed by atoms with Gasteiger partial charge in [0.1, 0.15) is 0 Å². The number of nitrogens with one attached hydrogen (secondary N) is 1. The second kappa shape index (κ2) is 9.28. The van der Waals surface area contributed by atoms with E-state index in [1.807, 2.05) is 43.3 Å². The van der Waals surface area contributed by atoms with Gasteiger partial charge in [-0.3, -0.25) is 19.1 Å². The summed E-state index contributed by atoms with van der Waals surface area (Å²) in [6.45, 7) is 2.40. The summed E-state index contributed by atoms with van der Waals surface area (Å²) >= 11 is 6.42. The van der Waals surface area contributed by atoms with Crippen LogP contribution >= 0.6 is 11.6 Å². The van der Waals surface area contributed by atoms with E-state index in [0.717, 1.165) is 34.1 Å². The Bertz CT molecular complexity index is 1550. The third kappa shape index (κ3) is 4.59. The number of sulfonamides is 1. The molecule has 35 heavy (non-hydrogen) atoms. The number of hydrogen-bond donors (Lipinski definition) is 1. The summed E-state index contributed by atoms with van der Waals surface area (Å²) in [6, 6.07) is 16.0. The smallest absolute Gasteiger partial charge is 0.257 e. The number of amides is 1. The summed E-state index contributed by atoms with van der Waals surface area (Å²) in [5.74, 6) is -0.269. The molecule has 3 heterocycles. The molecule has 4 aromatic rings. The lowest BCUT2D eigenvalue weighted by Crippen LogP contribution is -2.37. The predicted molar refractivity (Wildman–Crippen MR) is 139 cm³/mol. The lowest BCUT2D eigenvalue weighted by molar-refractivity contribution is 0.102. The van der Waals surface area contributed by atoms with E-state index in [4.69, 9.17) is 11.6 Å². The van der Waals surface area contributed by atoms with Crippen molar-refractivity contribution in [3.8, 4) is 11.3 Å². The molecule has 0 unspecified atom stereocenters. The molecule has 5 rings (SSSR count). The van der Waals surface area contributed by atoms with Crippen LogP contribution in [-0.4, -0.2) is 36.6 Å². The molecule has 0 aliphatic carbocycles. The SMILES string of the molecule is Cc1ccc(NC(=O)c2ccc(N3CCCCS3(=O)=O)cc2Cl)cc1-c1nccc2ncccc12. The van der Waals surface area contributed by atoms with Crippen molar-refractivity contribution in [2.75, 3.05) is 21.9 Å². The first-order valence-corrected chi connectivity index (χ1v) is 13.2. The van der Waals surface area contributed by atoms with Crippen molar-refractivity contribution in [1.29, 1.82) is 0 Å². The van der Waals surface area contributed by atoms with Gasteiger partial charge in [-0.2, -0.15) is 0 Å². The average Bonchev–Trinajstić information content (AvgIpc) is 2.84. The summed E-state index contributed by atoms with van der Waals surface area (Å²) in [7, 11) is -3.36. The number of hydrogen-bond acceptors (Lipinski definition) is 5. The first-order valence-electron chi connectivity index (χ1n) is 11.3. The fourth-order valence-electron chi connectivity index (χ4n) is 4.29. The minimum Gasteiger partial charge on any atom is -0.322 e. The molecular formula is C26H23ClN4O3S. The largest absolute Gasteiger partial charge is 0.322 e. The normalized spacial score (nSPS) is 15.2. The van der Waals surface area contributed by atoms with Crippen molar-refractivity contribution < 1.29 is 13.2 Å². The van der Waals surface area contributed by atoms with Gasteiger partial charge in [-0.25, -0.2) is 8.42 Å². The Morgan fingerprint density at radius 2 is 1.89 bits per heavy atom. The molecular weight excluding hydrogens is 484 g/mol. The summed E-state index contributed by atoms with van der Waals surface area (Å²) in [5.41, 5.74) is 4.86. The van der Waals surface area contributed by atoms with Crippen LogP contribution in [0.25, 0.3) is 22.2 Å². The summed E-state index contributed by atoms with van der Waals surface area (Å²) in [6.07, 6.45) is 4.90. The number of benzene rings is 2. The van der Waals surface area contributed by atoms with Crippen LogP contribution in [0.3, 0.4) is 0 Å². The van der Waals surface area contributed by atoms with Crippen LogP contribution in [0.1, 0.15) is 28.8 Å². The van der Waals surface area contributed by atoms with Gasteiger partial charge in [0, 0.05) is 35.6 Å². The number of carbonyl (C=O) groups excluding carboxylic acids is 1. The average molecular weight is 507 g/mol. The second-order valence-corrected chi connectivity index (χ2v) is 10.9. The van der Waals surface area contributed by atoms with Gasteiger partial charge < -0.3 is 5.32 Å². The fraction of sp³-hybridized carbons (Fsp3) is 0.192. The molecule has 178 valence electrons. The number of aryl methyl sites for hydroxylation is 1. The monoisotopic (exact) mass is 506 g/mol. The van der Waals surface area contributed by atoms with Crippen LogP contribution in [0, 0.1) is 6.92 Å². The highest BCUT2D eigenvalue weighted by Crippen LogP contribution is 2.32. The molecule has 1 aliphatic heterocycles. The highest BCUT2D eigenvalue weighted by atomic mass is 35.5. The number of aromatic nitrogens is 2. The zero-order valence-electron chi connectivity index (χ0n) is 19.0. The van der Waals surface area contributed by atoms with Crippen LogP contribution in [0.2, 0.25) is 5.02 Å². The zero-order valence-corrected chi connectivity index (χ0v) is 20.6. The third-order valence-electron chi connectivity index (χ3n) is 6.11. The Hall–Kier alpha value is -3.49. The van der Waals surface area contributed by atoms with Gasteiger partial charge in [0.05, 0.1) is 33.2 Å². The maximum Gasteiger partial charge on any atom is 0.257 e. The van der Waals surface area contributed by atoms with Crippen molar-refractivity contribution in [2.24, 2.45) is 0 Å². The van der Waals surface area contributed by atoms with E-state index in [0.29, 0.717) is 24.3 Å². The van der Waals surface area contributed by atoms with Gasteiger partial charge in [-0.05, 0) is 73.9 Å². The van der Waals surface area contributed by atoms with Crippen LogP contribution in [0.5, 0.6) is 0 Å². The van der Waals surface area contributed by atoms with Gasteiger partial charge in [0.15, 0.2) is 0 Å². The van der Waals surface area contributed by atoms with E-state index in [1.165, 1.54) is 10.4 Å². The minimum atomic E-state index is -3.36. The maximum atomic E-state index is 13.0. The second-order valence-electron chi connectivity index (χ2n) is 8.47. The number of rotatable bonds is 4. The molecule has 1 aliphatic rings. The van der Waals surface area contributed by atoms with Crippen molar-refractivity contribution in [3.63, 3.8) is 0 Å². The number of anilines is 2. The third-order valence-corrected chi connectivity index (χ3v) is 8.30. The molecule has 2 aromatic carbocycles. The lowest BCUT2D eigenvalue weighted by atomic mass is 10.0. The lowest BCUT2D eigenvalue weighted by Gasteiger charge is -2.28. The summed E-state index contributed by atoms with van der Waals surface area (Å²) in [5, 5.41) is 4.01. The Morgan fingerprint density at radius 1 is 1.03 bits per heavy atom. The van der Waals surface area contributed by atoms with Gasteiger partial charge in [0.2, 0.25) is 10.0 Å². The molecule has 1 N–H and O–H groups in total. The van der Waals surface area contributed by atoms with Crippen molar-refractivity contribution >= 4 is 49.8 Å². The first kappa shape index (κ1) is 23.3. The summed E-state index contributed by atoms with van der Waals surface area (Å²) < 4.78 is 26.2. The molecule has 0 bridgehead atoms. The number of carbonyl (C=O) groups is 1. The van der Waals surface area contributed by atoms with Crippen molar-refractivity contribution in [3.05, 3.63) is 83.1 Å². The Morgan fingerprint density at radius 3 is 2.69 bits per heavy atom. The van der Waals surface area contributed by atoms with Gasteiger partial charge in [0.25, 0.3) is 5.91 Å². The van der Waals surface area contributed by atoms with E-state index in [2.05, 4.69) is 15.3 Å². The van der Waals surface area contributed by atoms with Gasteiger partial charge in [-0.15, -0.1) is 0 Å². The maximum absolute atomic E-state index is 13.0. The Balaban J connectivity index is 1.43. The summed E-state index contributed by atoms with van der Waals surface area (Å²) in [4.78, 5) is 22.0. The first-order chi connectivity index (χ1) is 16.8. The van der Waals surface area contributed by atoms with Crippen molar-refractivity contribution in [2.45, 2.75) is 19.8 Å². The minimum absolute atomic E-state index is 0.115. The molecule has 1 amide bonds. The molecule has 0 radical (unpaired) electrons. The van der Waals surface area contributed by atoms with Gasteiger partial charge in [-0.1, -0.05) is 17.7 Å². The molecule has 0 atom stereocenters. The van der Waals surface area contributed by atoms with Crippen LogP contribution in [0.4, 0.5) is 11.4 Å². The molecule has 7 nitrogen and oxygen atoms in total. The molecule has 0 saturated carbocycles.